The Morgan fingerprint density at radius 3 is 2.63 bits per heavy atom. The molecule has 104 valence electrons. The molecule has 1 fully saturated rings. The maximum atomic E-state index is 13.9. The van der Waals surface area contributed by atoms with Crippen molar-refractivity contribution in [2.45, 2.75) is 19.8 Å². The Morgan fingerprint density at radius 2 is 2.05 bits per heavy atom. The Hall–Kier alpha value is -1.78. The fourth-order valence-corrected chi connectivity index (χ4v) is 2.29. The van der Waals surface area contributed by atoms with Gasteiger partial charge < -0.3 is 15.4 Å². The zero-order chi connectivity index (χ0) is 14.0. The Bertz CT molecular complexity index is 483. The molecule has 2 rings (SSSR count). The molecule has 0 radical (unpaired) electrons. The minimum absolute atomic E-state index is 0.0283. The van der Waals surface area contributed by atoms with Gasteiger partial charge in [-0.15, -0.1) is 0 Å². The van der Waals surface area contributed by atoms with Crippen LogP contribution in [0.3, 0.4) is 0 Å². The molecule has 0 aromatic heterocycles. The van der Waals surface area contributed by atoms with Crippen molar-refractivity contribution in [1.82, 2.24) is 4.90 Å². The van der Waals surface area contributed by atoms with E-state index in [4.69, 9.17) is 10.5 Å². The van der Waals surface area contributed by atoms with Crippen molar-refractivity contribution in [3.8, 4) is 5.75 Å². The number of nitrogens with zero attached hydrogens (tertiary/aromatic N) is 1. The second kappa shape index (κ2) is 5.47. The summed E-state index contributed by atoms with van der Waals surface area (Å²) < 4.78 is 18.9. The van der Waals surface area contributed by atoms with Crippen LogP contribution in [-0.2, 0) is 0 Å². The summed E-state index contributed by atoms with van der Waals surface area (Å²) in [5, 5.41) is 0. The molecule has 0 unspecified atom stereocenters. The van der Waals surface area contributed by atoms with Gasteiger partial charge in [0.05, 0.1) is 18.4 Å². The summed E-state index contributed by atoms with van der Waals surface area (Å²) in [6, 6.07) is 2.52. The highest BCUT2D eigenvalue weighted by atomic mass is 19.1. The number of piperidine rings is 1. The van der Waals surface area contributed by atoms with E-state index in [2.05, 4.69) is 6.92 Å². The van der Waals surface area contributed by atoms with Crippen LogP contribution < -0.4 is 10.5 Å². The zero-order valence-corrected chi connectivity index (χ0v) is 11.3. The van der Waals surface area contributed by atoms with E-state index in [1.165, 1.54) is 13.2 Å². The first-order valence-corrected chi connectivity index (χ1v) is 6.45. The molecule has 0 atom stereocenters. The van der Waals surface area contributed by atoms with E-state index in [1.807, 2.05) is 0 Å². The summed E-state index contributed by atoms with van der Waals surface area (Å²) in [6.07, 6.45) is 1.92. The zero-order valence-electron chi connectivity index (χ0n) is 11.3. The predicted octanol–water partition coefficient (Wildman–Crippen LogP) is 2.29. The van der Waals surface area contributed by atoms with Crippen LogP contribution in [0.25, 0.3) is 0 Å². The summed E-state index contributed by atoms with van der Waals surface area (Å²) in [5.74, 6) is 0.0644. The third-order valence-electron chi connectivity index (χ3n) is 3.62. The lowest BCUT2D eigenvalue weighted by Crippen LogP contribution is -2.38. The molecule has 1 heterocycles. The maximum absolute atomic E-state index is 13.9. The molecule has 1 aliphatic heterocycles. The number of hydrogen-bond acceptors (Lipinski definition) is 3. The first kappa shape index (κ1) is 13.6. The third-order valence-corrected chi connectivity index (χ3v) is 3.62. The van der Waals surface area contributed by atoms with Crippen molar-refractivity contribution >= 4 is 11.6 Å². The molecule has 2 N–H and O–H groups in total. The maximum Gasteiger partial charge on any atom is 0.256 e. The van der Waals surface area contributed by atoms with Gasteiger partial charge >= 0.3 is 0 Å². The molecular weight excluding hydrogens is 247 g/mol. The van der Waals surface area contributed by atoms with Crippen molar-refractivity contribution in [1.29, 1.82) is 0 Å². The van der Waals surface area contributed by atoms with E-state index in [0.29, 0.717) is 24.8 Å². The van der Waals surface area contributed by atoms with Crippen LogP contribution in [0.5, 0.6) is 5.75 Å². The first-order valence-electron chi connectivity index (χ1n) is 6.45. The summed E-state index contributed by atoms with van der Waals surface area (Å²) in [4.78, 5) is 14.0. The van der Waals surface area contributed by atoms with Crippen LogP contribution in [0.1, 0.15) is 30.1 Å². The second-order valence-corrected chi connectivity index (χ2v) is 5.05. The van der Waals surface area contributed by atoms with Gasteiger partial charge in [-0.1, -0.05) is 6.92 Å². The minimum Gasteiger partial charge on any atom is -0.495 e. The number of amides is 1. The molecule has 0 spiro atoms. The first-order chi connectivity index (χ1) is 9.02. The monoisotopic (exact) mass is 266 g/mol. The van der Waals surface area contributed by atoms with Gasteiger partial charge in [-0.2, -0.15) is 0 Å². The minimum atomic E-state index is -0.595. The van der Waals surface area contributed by atoms with E-state index >= 15 is 0 Å². The van der Waals surface area contributed by atoms with Gasteiger partial charge in [0.15, 0.2) is 0 Å². The van der Waals surface area contributed by atoms with Gasteiger partial charge in [0.25, 0.3) is 5.91 Å². The summed E-state index contributed by atoms with van der Waals surface area (Å²) in [6.45, 7) is 3.51. The van der Waals surface area contributed by atoms with E-state index in [1.54, 1.807) is 4.90 Å². The molecule has 0 bridgehead atoms. The topological polar surface area (TPSA) is 55.6 Å². The highest BCUT2D eigenvalue weighted by molar-refractivity contribution is 5.95. The number of likely N-dealkylation sites (tertiary alicyclic amines) is 1. The highest BCUT2D eigenvalue weighted by Crippen LogP contribution is 2.27. The Labute approximate surface area is 112 Å². The Kier molecular flexibility index (Phi) is 3.93. The van der Waals surface area contributed by atoms with Gasteiger partial charge in [0.2, 0.25) is 0 Å². The normalized spacial score (nSPS) is 16.5. The number of benzene rings is 1. The summed E-state index contributed by atoms with van der Waals surface area (Å²) in [5.41, 5.74) is 5.83. The molecule has 19 heavy (non-hydrogen) atoms. The molecule has 1 amide bonds. The lowest BCUT2D eigenvalue weighted by molar-refractivity contribution is 0.0692. The largest absolute Gasteiger partial charge is 0.495 e. The lowest BCUT2D eigenvalue weighted by Gasteiger charge is -2.30. The number of hydrogen-bond donors (Lipinski definition) is 1. The van der Waals surface area contributed by atoms with E-state index in [0.717, 1.165) is 18.9 Å². The Balaban J connectivity index is 2.23. The van der Waals surface area contributed by atoms with Gasteiger partial charge in [-0.25, -0.2) is 4.39 Å². The van der Waals surface area contributed by atoms with Crippen molar-refractivity contribution in [3.05, 3.63) is 23.5 Å². The number of ether oxygens (including phenoxy) is 1. The van der Waals surface area contributed by atoms with E-state index in [-0.39, 0.29) is 17.2 Å². The highest BCUT2D eigenvalue weighted by Gasteiger charge is 2.24. The number of carbonyl (C=O) groups is 1. The smallest absolute Gasteiger partial charge is 0.256 e. The van der Waals surface area contributed by atoms with Gasteiger partial charge in [0, 0.05) is 19.2 Å². The average Bonchev–Trinajstić information content (AvgIpc) is 2.39. The van der Waals surface area contributed by atoms with Gasteiger partial charge in [-0.05, 0) is 24.8 Å². The van der Waals surface area contributed by atoms with Gasteiger partial charge in [0.1, 0.15) is 11.6 Å². The Morgan fingerprint density at radius 1 is 1.42 bits per heavy atom. The molecule has 5 heteroatoms. The molecule has 0 aliphatic carbocycles. The number of nitrogens with two attached hydrogens (primary N) is 1. The molecule has 1 saturated heterocycles. The third kappa shape index (κ3) is 2.80. The molecule has 1 aliphatic rings. The standard InChI is InChI=1S/C14H19FN2O2/c1-9-3-5-17(6-4-9)14(18)10-7-13(19-2)12(16)8-11(10)15/h7-9H,3-6,16H2,1-2H3. The molecular formula is C14H19FN2O2. The van der Waals surface area contributed by atoms with Crippen molar-refractivity contribution in [3.63, 3.8) is 0 Å². The fourth-order valence-electron chi connectivity index (χ4n) is 2.29. The lowest BCUT2D eigenvalue weighted by atomic mass is 9.98. The van der Waals surface area contributed by atoms with Crippen LogP contribution in [0.4, 0.5) is 10.1 Å². The van der Waals surface area contributed by atoms with Crippen LogP contribution >= 0.6 is 0 Å². The average molecular weight is 266 g/mol. The number of halogens is 1. The summed E-state index contributed by atoms with van der Waals surface area (Å²) in [7, 11) is 1.44. The number of carbonyl (C=O) groups excluding carboxylic acids is 1. The SMILES string of the molecule is COc1cc(C(=O)N2CCC(C)CC2)c(F)cc1N. The van der Waals surface area contributed by atoms with Crippen molar-refractivity contribution < 1.29 is 13.9 Å². The molecule has 1 aromatic rings. The number of anilines is 1. The fraction of sp³-hybridized carbons (Fsp3) is 0.500. The molecule has 1 aromatic carbocycles. The second-order valence-electron chi connectivity index (χ2n) is 5.05. The van der Waals surface area contributed by atoms with Crippen molar-refractivity contribution in [2.75, 3.05) is 25.9 Å². The van der Waals surface area contributed by atoms with Crippen LogP contribution in [0.15, 0.2) is 12.1 Å². The van der Waals surface area contributed by atoms with Gasteiger partial charge in [-0.3, -0.25) is 4.79 Å². The number of methoxy groups -OCH3 is 1. The van der Waals surface area contributed by atoms with E-state index in [9.17, 15) is 9.18 Å². The van der Waals surface area contributed by atoms with Crippen LogP contribution in [0, 0.1) is 11.7 Å². The number of rotatable bonds is 2. The molecule has 0 saturated carbocycles. The van der Waals surface area contributed by atoms with Crippen molar-refractivity contribution in [2.24, 2.45) is 5.92 Å². The van der Waals surface area contributed by atoms with Crippen LogP contribution in [-0.4, -0.2) is 31.0 Å². The number of nitrogen functional groups attached to an aromatic ring is 1. The summed E-state index contributed by atoms with van der Waals surface area (Å²) >= 11 is 0. The molecule has 4 nitrogen and oxygen atoms in total. The van der Waals surface area contributed by atoms with Crippen LogP contribution in [0.2, 0.25) is 0 Å². The quantitative estimate of drug-likeness (QED) is 0.836. The predicted molar refractivity (Wildman–Crippen MR) is 71.7 cm³/mol. The van der Waals surface area contributed by atoms with E-state index < -0.39 is 5.82 Å².